The van der Waals surface area contributed by atoms with E-state index in [9.17, 15) is 48.7 Å². The third-order valence-corrected chi connectivity index (χ3v) is 2.73. The van der Waals surface area contributed by atoms with Crippen LogP contribution in [0.2, 0.25) is 0 Å². The Kier molecular flexibility index (Phi) is 4.10. The minimum atomic E-state index is -5.31. The second-order valence-corrected chi connectivity index (χ2v) is 4.18. The molecule has 1 aliphatic carbocycles. The number of ketones is 1. The standard InChI is InChI=1S/C12F10O2/c13-1-2(14)4(16)8(5(17)3(1)15)24-9-6(18)7(19)10(20)12(21,22)11(9)23. The van der Waals surface area contributed by atoms with Crippen LogP contribution in [-0.2, 0) is 4.79 Å². The molecule has 1 aliphatic rings. The van der Waals surface area contributed by atoms with E-state index in [0.717, 1.165) is 0 Å². The predicted molar refractivity (Wildman–Crippen MR) is 54.2 cm³/mol. The average Bonchev–Trinajstić information content (AvgIpc) is 2.54. The first-order valence-corrected chi connectivity index (χ1v) is 5.50. The largest absolute Gasteiger partial charge is 0.444 e. The Balaban J connectivity index is 2.67. The number of Topliss-reactive ketones (excluding diaryl/α,β-unsaturated/α-hetero) is 1. The van der Waals surface area contributed by atoms with Gasteiger partial charge in [-0.3, -0.25) is 4.79 Å². The molecule has 2 rings (SSSR count). The summed E-state index contributed by atoms with van der Waals surface area (Å²) in [5, 5.41) is 0. The van der Waals surface area contributed by atoms with Crippen molar-refractivity contribution in [3.8, 4) is 5.75 Å². The summed E-state index contributed by atoms with van der Waals surface area (Å²) in [4.78, 5) is 11.2. The highest BCUT2D eigenvalue weighted by Gasteiger charge is 2.54. The van der Waals surface area contributed by atoms with Crippen LogP contribution in [-0.4, -0.2) is 11.7 Å². The smallest absolute Gasteiger partial charge is 0.366 e. The van der Waals surface area contributed by atoms with Gasteiger partial charge in [-0.1, -0.05) is 0 Å². The Morgan fingerprint density at radius 3 is 1.54 bits per heavy atom. The molecule has 0 spiro atoms. The van der Waals surface area contributed by atoms with Gasteiger partial charge in [-0.25, -0.2) is 22.0 Å². The second kappa shape index (κ2) is 5.53. The zero-order valence-electron chi connectivity index (χ0n) is 10.6. The average molecular weight is 366 g/mol. The van der Waals surface area contributed by atoms with E-state index in [4.69, 9.17) is 0 Å². The van der Waals surface area contributed by atoms with Gasteiger partial charge >= 0.3 is 5.92 Å². The highest BCUT2D eigenvalue weighted by atomic mass is 19.3. The Hall–Kier alpha value is -2.53. The first kappa shape index (κ1) is 17.8. The zero-order valence-corrected chi connectivity index (χ0v) is 10.6. The lowest BCUT2D eigenvalue weighted by atomic mass is 10.0. The number of allylic oxidation sites excluding steroid dienone is 4. The second-order valence-electron chi connectivity index (χ2n) is 4.18. The maximum Gasteiger partial charge on any atom is 0.366 e. The third kappa shape index (κ3) is 2.32. The van der Waals surface area contributed by atoms with Crippen molar-refractivity contribution in [2.75, 3.05) is 0 Å². The summed E-state index contributed by atoms with van der Waals surface area (Å²) in [6.45, 7) is 0. The molecule has 0 saturated carbocycles. The quantitative estimate of drug-likeness (QED) is 0.443. The van der Waals surface area contributed by atoms with Crippen molar-refractivity contribution >= 4 is 5.78 Å². The van der Waals surface area contributed by atoms with E-state index in [1.54, 1.807) is 0 Å². The molecule has 0 atom stereocenters. The fourth-order valence-corrected chi connectivity index (χ4v) is 1.54. The zero-order chi connectivity index (χ0) is 18.6. The molecule has 1 aromatic carbocycles. The van der Waals surface area contributed by atoms with Crippen LogP contribution >= 0.6 is 0 Å². The highest BCUT2D eigenvalue weighted by Crippen LogP contribution is 2.42. The molecule has 0 aliphatic heterocycles. The molecule has 0 radical (unpaired) electrons. The normalized spacial score (nSPS) is 17.7. The molecule has 1 aromatic rings. The van der Waals surface area contributed by atoms with Gasteiger partial charge in [0.25, 0.3) is 5.78 Å². The highest BCUT2D eigenvalue weighted by molar-refractivity contribution is 6.03. The summed E-state index contributed by atoms with van der Waals surface area (Å²) < 4.78 is 134. The first-order valence-electron chi connectivity index (χ1n) is 5.50. The van der Waals surface area contributed by atoms with Crippen molar-refractivity contribution in [2.24, 2.45) is 0 Å². The summed E-state index contributed by atoms with van der Waals surface area (Å²) in [5.41, 5.74) is 0. The van der Waals surface area contributed by atoms with Crippen LogP contribution in [0.4, 0.5) is 43.9 Å². The molecule has 130 valence electrons. The van der Waals surface area contributed by atoms with E-state index in [1.165, 1.54) is 0 Å². The van der Waals surface area contributed by atoms with E-state index in [2.05, 4.69) is 4.74 Å². The lowest BCUT2D eigenvalue weighted by Crippen LogP contribution is -2.37. The monoisotopic (exact) mass is 366 g/mol. The molecule has 0 N–H and O–H groups in total. The molecule has 0 heterocycles. The minimum absolute atomic E-state index is 2.35. The summed E-state index contributed by atoms with van der Waals surface area (Å²) >= 11 is 0. The van der Waals surface area contributed by atoms with E-state index in [-0.39, 0.29) is 0 Å². The topological polar surface area (TPSA) is 26.3 Å². The lowest BCUT2D eigenvalue weighted by molar-refractivity contribution is -0.139. The van der Waals surface area contributed by atoms with Crippen LogP contribution in [0, 0.1) is 29.1 Å². The molecule has 12 heteroatoms. The predicted octanol–water partition coefficient (Wildman–Crippen LogP) is 4.31. The fraction of sp³-hybridized carbons (Fsp3) is 0.0833. The van der Waals surface area contributed by atoms with Crippen LogP contribution in [0.3, 0.4) is 0 Å². The van der Waals surface area contributed by atoms with Crippen molar-refractivity contribution in [3.05, 3.63) is 52.3 Å². The number of hydrogen-bond donors (Lipinski definition) is 0. The van der Waals surface area contributed by atoms with E-state index < -0.39 is 69.8 Å². The molecular weight excluding hydrogens is 366 g/mol. The van der Waals surface area contributed by atoms with Gasteiger partial charge < -0.3 is 4.74 Å². The van der Waals surface area contributed by atoms with Crippen molar-refractivity contribution in [3.63, 3.8) is 0 Å². The number of carbonyl (C=O) groups excluding carboxylic acids is 1. The number of carbonyl (C=O) groups is 1. The number of ether oxygens (including phenoxy) is 1. The molecular formula is C12F10O2. The van der Waals surface area contributed by atoms with Crippen molar-refractivity contribution in [1.82, 2.24) is 0 Å². The molecule has 0 unspecified atom stereocenters. The summed E-state index contributed by atoms with van der Waals surface area (Å²) in [6.07, 6.45) is 0. The van der Waals surface area contributed by atoms with Crippen LogP contribution < -0.4 is 4.74 Å². The molecule has 0 aromatic heterocycles. The minimum Gasteiger partial charge on any atom is -0.444 e. The SMILES string of the molecule is O=C1C(Oc2c(F)c(F)c(F)c(F)c2F)=C(F)C(F)=C(F)C1(F)F. The molecule has 0 fully saturated rings. The maximum absolute atomic E-state index is 13.3. The van der Waals surface area contributed by atoms with Gasteiger partial charge in [-0.05, 0) is 0 Å². The molecule has 0 bridgehead atoms. The lowest BCUT2D eigenvalue weighted by Gasteiger charge is -2.21. The Bertz CT molecular complexity index is 795. The first-order chi connectivity index (χ1) is 10.9. The Morgan fingerprint density at radius 2 is 1.08 bits per heavy atom. The van der Waals surface area contributed by atoms with Gasteiger partial charge in [0.2, 0.25) is 58.1 Å². The van der Waals surface area contributed by atoms with Gasteiger partial charge in [0.05, 0.1) is 0 Å². The maximum atomic E-state index is 13.3. The number of benzene rings is 1. The van der Waals surface area contributed by atoms with Gasteiger partial charge in [0, 0.05) is 0 Å². The van der Waals surface area contributed by atoms with Gasteiger partial charge in [0.15, 0.2) is 0 Å². The Morgan fingerprint density at radius 1 is 0.667 bits per heavy atom. The third-order valence-electron chi connectivity index (χ3n) is 2.73. The number of hydrogen-bond acceptors (Lipinski definition) is 2. The fourth-order valence-electron chi connectivity index (χ4n) is 1.54. The molecule has 0 amide bonds. The number of halogens is 10. The van der Waals surface area contributed by atoms with Crippen LogP contribution in [0.5, 0.6) is 5.75 Å². The van der Waals surface area contributed by atoms with Gasteiger partial charge in [0.1, 0.15) is 0 Å². The van der Waals surface area contributed by atoms with E-state index in [1.807, 2.05) is 0 Å². The number of rotatable bonds is 2. The van der Waals surface area contributed by atoms with Gasteiger partial charge in [-0.2, -0.15) is 22.0 Å². The van der Waals surface area contributed by atoms with E-state index >= 15 is 0 Å². The molecule has 2 nitrogen and oxygen atoms in total. The summed E-state index contributed by atoms with van der Waals surface area (Å²) in [5.74, 6) is -35.3. The van der Waals surface area contributed by atoms with Crippen molar-refractivity contribution < 1.29 is 53.4 Å². The molecule has 0 saturated heterocycles. The van der Waals surface area contributed by atoms with Crippen molar-refractivity contribution in [2.45, 2.75) is 5.92 Å². The van der Waals surface area contributed by atoms with Crippen LogP contribution in [0.25, 0.3) is 0 Å². The van der Waals surface area contributed by atoms with Gasteiger partial charge in [-0.15, -0.1) is 0 Å². The van der Waals surface area contributed by atoms with Crippen LogP contribution in [0.15, 0.2) is 23.2 Å². The number of alkyl halides is 2. The Labute approximate surface area is 124 Å². The molecule has 24 heavy (non-hydrogen) atoms. The van der Waals surface area contributed by atoms with Crippen LogP contribution in [0.1, 0.15) is 0 Å². The summed E-state index contributed by atoms with van der Waals surface area (Å²) in [6, 6.07) is 0. The summed E-state index contributed by atoms with van der Waals surface area (Å²) in [7, 11) is 0. The van der Waals surface area contributed by atoms with E-state index in [0.29, 0.717) is 0 Å². The van der Waals surface area contributed by atoms with Crippen molar-refractivity contribution in [1.29, 1.82) is 0 Å².